The molecule has 2 aliphatic rings. The van der Waals surface area contributed by atoms with Crippen molar-refractivity contribution in [1.82, 2.24) is 19.5 Å². The largest absolute Gasteiger partial charge is 0.493 e. The van der Waals surface area contributed by atoms with Crippen molar-refractivity contribution in [3.8, 4) is 5.75 Å². The summed E-state index contributed by atoms with van der Waals surface area (Å²) >= 11 is 1.49. The SMILES string of the molecule is Cc1cc(C)cc(OCCSc2nc(C3CC3)nc3c2c(=O)[nH]c(=O)n3C2CC2)c1. The van der Waals surface area contributed by atoms with E-state index in [1.807, 2.05) is 26.0 Å². The van der Waals surface area contributed by atoms with Crippen LogP contribution in [0.1, 0.15) is 54.6 Å². The monoisotopic (exact) mass is 424 g/mol. The van der Waals surface area contributed by atoms with Crippen LogP contribution in [0.5, 0.6) is 5.75 Å². The summed E-state index contributed by atoms with van der Waals surface area (Å²) in [6.07, 6.45) is 4.00. The minimum absolute atomic E-state index is 0.129. The molecule has 2 aromatic heterocycles. The van der Waals surface area contributed by atoms with Crippen molar-refractivity contribution in [2.75, 3.05) is 12.4 Å². The van der Waals surface area contributed by atoms with E-state index in [1.54, 1.807) is 4.57 Å². The molecule has 2 saturated carbocycles. The number of benzene rings is 1. The molecule has 1 aromatic carbocycles. The maximum Gasteiger partial charge on any atom is 0.330 e. The smallest absolute Gasteiger partial charge is 0.330 e. The molecule has 0 aliphatic heterocycles. The molecule has 30 heavy (non-hydrogen) atoms. The van der Waals surface area contributed by atoms with Crippen LogP contribution in [0.3, 0.4) is 0 Å². The molecule has 7 nitrogen and oxygen atoms in total. The second-order valence-electron chi connectivity index (χ2n) is 8.24. The van der Waals surface area contributed by atoms with Gasteiger partial charge in [-0.2, -0.15) is 0 Å². The van der Waals surface area contributed by atoms with Gasteiger partial charge in [-0.05, 0) is 62.8 Å². The standard InChI is InChI=1S/C22H24N4O3S/c1-12-9-13(2)11-16(10-12)29-7-8-30-21-17-19(23-18(24-21)14-3-4-14)26(15-5-6-15)22(28)25-20(17)27/h9-11,14-15H,3-8H2,1-2H3,(H,25,27,28). The van der Waals surface area contributed by atoms with Gasteiger partial charge in [0.2, 0.25) is 0 Å². The quantitative estimate of drug-likeness (QED) is 0.355. The number of H-pyrrole nitrogens is 1. The number of rotatable bonds is 7. The van der Waals surface area contributed by atoms with Crippen LogP contribution in [0, 0.1) is 13.8 Å². The molecule has 0 atom stereocenters. The van der Waals surface area contributed by atoms with E-state index >= 15 is 0 Å². The number of hydrogen-bond acceptors (Lipinski definition) is 6. The van der Waals surface area contributed by atoms with Gasteiger partial charge in [0.1, 0.15) is 22.0 Å². The molecule has 8 heteroatoms. The zero-order valence-electron chi connectivity index (χ0n) is 17.1. The Kier molecular flexibility index (Phi) is 4.89. The first-order chi connectivity index (χ1) is 14.5. The Bertz CT molecular complexity index is 1220. The fraction of sp³-hybridized carbons (Fsp3) is 0.455. The Balaban J connectivity index is 1.44. The molecule has 0 bridgehead atoms. The Labute approximate surface area is 177 Å². The first-order valence-electron chi connectivity index (χ1n) is 10.4. The molecule has 1 N–H and O–H groups in total. The van der Waals surface area contributed by atoms with Crippen LogP contribution in [-0.4, -0.2) is 31.9 Å². The average molecular weight is 425 g/mol. The lowest BCUT2D eigenvalue weighted by molar-refractivity contribution is 0.343. The van der Waals surface area contributed by atoms with Gasteiger partial charge in [-0.15, -0.1) is 11.8 Å². The highest BCUT2D eigenvalue weighted by Crippen LogP contribution is 2.40. The van der Waals surface area contributed by atoms with E-state index in [4.69, 9.17) is 9.72 Å². The summed E-state index contributed by atoms with van der Waals surface area (Å²) in [5.74, 6) is 2.58. The number of nitrogens with zero attached hydrogens (tertiary/aromatic N) is 3. The number of aromatic nitrogens is 4. The van der Waals surface area contributed by atoms with Crippen LogP contribution in [0.4, 0.5) is 0 Å². The lowest BCUT2D eigenvalue weighted by Crippen LogP contribution is -2.31. The third kappa shape index (κ3) is 3.88. The van der Waals surface area contributed by atoms with Crippen LogP contribution >= 0.6 is 11.8 Å². The minimum atomic E-state index is -0.410. The van der Waals surface area contributed by atoms with Crippen molar-refractivity contribution in [2.24, 2.45) is 0 Å². The van der Waals surface area contributed by atoms with E-state index in [9.17, 15) is 9.59 Å². The van der Waals surface area contributed by atoms with Crippen molar-refractivity contribution >= 4 is 22.8 Å². The maximum atomic E-state index is 12.6. The zero-order chi connectivity index (χ0) is 20.8. The van der Waals surface area contributed by atoms with Crippen LogP contribution in [0.15, 0.2) is 32.8 Å². The van der Waals surface area contributed by atoms with Crippen molar-refractivity contribution in [3.63, 3.8) is 0 Å². The van der Waals surface area contributed by atoms with E-state index in [0.717, 1.165) is 48.4 Å². The molecule has 0 saturated heterocycles. The Hall–Kier alpha value is -2.61. The normalized spacial score (nSPS) is 16.2. The highest BCUT2D eigenvalue weighted by molar-refractivity contribution is 7.99. The molecular formula is C22H24N4O3S. The van der Waals surface area contributed by atoms with Gasteiger partial charge in [-0.1, -0.05) is 6.07 Å². The number of aromatic amines is 1. The van der Waals surface area contributed by atoms with E-state index in [1.165, 1.54) is 11.8 Å². The van der Waals surface area contributed by atoms with Crippen LogP contribution in [0.2, 0.25) is 0 Å². The number of aryl methyl sites for hydroxylation is 2. The predicted octanol–water partition coefficient (Wildman–Crippen LogP) is 3.48. The number of fused-ring (bicyclic) bond motifs is 1. The molecule has 3 aromatic rings. The fourth-order valence-electron chi connectivity index (χ4n) is 3.75. The predicted molar refractivity (Wildman–Crippen MR) is 117 cm³/mol. The van der Waals surface area contributed by atoms with Crippen molar-refractivity contribution in [3.05, 3.63) is 56.0 Å². The minimum Gasteiger partial charge on any atom is -0.493 e. The molecule has 5 rings (SSSR count). The van der Waals surface area contributed by atoms with Gasteiger partial charge >= 0.3 is 5.69 Å². The molecular weight excluding hydrogens is 400 g/mol. The van der Waals surface area contributed by atoms with Gasteiger partial charge in [0.15, 0.2) is 5.65 Å². The van der Waals surface area contributed by atoms with Crippen LogP contribution in [0.25, 0.3) is 11.0 Å². The van der Waals surface area contributed by atoms with Gasteiger partial charge in [0.05, 0.1) is 6.61 Å². The first kappa shape index (κ1) is 19.4. The Morgan fingerprint density at radius 1 is 1.10 bits per heavy atom. The van der Waals surface area contributed by atoms with E-state index in [0.29, 0.717) is 34.3 Å². The van der Waals surface area contributed by atoms with E-state index < -0.39 is 5.56 Å². The van der Waals surface area contributed by atoms with Gasteiger partial charge < -0.3 is 4.74 Å². The van der Waals surface area contributed by atoms with Gasteiger partial charge in [-0.25, -0.2) is 14.8 Å². The average Bonchev–Trinajstić information content (AvgIpc) is 3.57. The van der Waals surface area contributed by atoms with Crippen LogP contribution < -0.4 is 16.0 Å². The summed E-state index contributed by atoms with van der Waals surface area (Å²) in [5, 5.41) is 1.06. The molecule has 2 heterocycles. The summed E-state index contributed by atoms with van der Waals surface area (Å²) in [7, 11) is 0. The zero-order valence-corrected chi connectivity index (χ0v) is 17.9. The summed E-state index contributed by atoms with van der Waals surface area (Å²) in [4.78, 5) is 36.9. The van der Waals surface area contributed by atoms with Gasteiger partial charge in [-0.3, -0.25) is 14.3 Å². The Morgan fingerprint density at radius 2 is 1.83 bits per heavy atom. The second-order valence-corrected chi connectivity index (χ2v) is 9.32. The summed E-state index contributed by atoms with van der Waals surface area (Å²) < 4.78 is 7.56. The van der Waals surface area contributed by atoms with Gasteiger partial charge in [0.25, 0.3) is 5.56 Å². The van der Waals surface area contributed by atoms with E-state index in [2.05, 4.69) is 16.0 Å². The molecule has 0 amide bonds. The number of ether oxygens (including phenoxy) is 1. The summed E-state index contributed by atoms with van der Waals surface area (Å²) in [5.41, 5.74) is 2.04. The first-order valence-corrected chi connectivity index (χ1v) is 11.4. The third-order valence-electron chi connectivity index (χ3n) is 5.41. The van der Waals surface area contributed by atoms with E-state index in [-0.39, 0.29) is 11.7 Å². The highest BCUT2D eigenvalue weighted by Gasteiger charge is 2.32. The van der Waals surface area contributed by atoms with Crippen molar-refractivity contribution < 1.29 is 4.74 Å². The summed E-state index contributed by atoms with van der Waals surface area (Å²) in [6, 6.07) is 6.27. The lowest BCUT2D eigenvalue weighted by Gasteiger charge is -2.12. The van der Waals surface area contributed by atoms with Gasteiger partial charge in [0, 0.05) is 17.7 Å². The molecule has 0 radical (unpaired) electrons. The summed E-state index contributed by atoms with van der Waals surface area (Å²) in [6.45, 7) is 4.59. The molecule has 0 unspecified atom stereocenters. The van der Waals surface area contributed by atoms with Crippen molar-refractivity contribution in [2.45, 2.75) is 56.5 Å². The van der Waals surface area contributed by atoms with Crippen LogP contribution in [-0.2, 0) is 0 Å². The highest BCUT2D eigenvalue weighted by atomic mass is 32.2. The fourth-order valence-corrected chi connectivity index (χ4v) is 4.59. The third-order valence-corrected chi connectivity index (χ3v) is 6.35. The maximum absolute atomic E-state index is 12.6. The topological polar surface area (TPSA) is 89.9 Å². The van der Waals surface area contributed by atoms with Crippen molar-refractivity contribution in [1.29, 1.82) is 0 Å². The number of nitrogens with one attached hydrogen (secondary N) is 1. The lowest BCUT2D eigenvalue weighted by atomic mass is 10.1. The Morgan fingerprint density at radius 3 is 2.50 bits per heavy atom. The number of hydrogen-bond donors (Lipinski definition) is 1. The molecule has 2 fully saturated rings. The second kappa shape index (κ2) is 7.58. The molecule has 0 spiro atoms. The molecule has 2 aliphatic carbocycles. The molecule has 156 valence electrons. The number of thioether (sulfide) groups is 1.